The molecule has 0 spiro atoms. The van der Waals surface area contributed by atoms with Crippen molar-refractivity contribution in [2.24, 2.45) is 5.92 Å². The molecule has 0 aliphatic carbocycles. The molecule has 0 saturated carbocycles. The van der Waals surface area contributed by atoms with Crippen LogP contribution in [-0.2, 0) is 26.1 Å². The van der Waals surface area contributed by atoms with Crippen molar-refractivity contribution in [2.45, 2.75) is 12.7 Å². The van der Waals surface area contributed by atoms with E-state index in [9.17, 15) is 13.4 Å². The Labute approximate surface area is 102 Å². The van der Waals surface area contributed by atoms with E-state index in [2.05, 4.69) is 4.74 Å². The molecule has 1 rings (SSSR count). The molecule has 0 aliphatic heterocycles. The van der Waals surface area contributed by atoms with Crippen LogP contribution in [0.3, 0.4) is 0 Å². The van der Waals surface area contributed by atoms with Crippen molar-refractivity contribution in [3.8, 4) is 0 Å². The lowest BCUT2D eigenvalue weighted by Crippen LogP contribution is -2.20. The third-order valence-electron chi connectivity index (χ3n) is 2.26. The molecule has 0 amide bonds. The van der Waals surface area contributed by atoms with E-state index in [-0.39, 0.29) is 23.3 Å². The zero-order valence-corrected chi connectivity index (χ0v) is 10.6. The number of methoxy groups -OCH3 is 1. The number of ether oxygens (including phenoxy) is 1. The maximum atomic E-state index is 12.9. The lowest BCUT2D eigenvalue weighted by Gasteiger charge is -2.08. The van der Waals surface area contributed by atoms with E-state index in [1.165, 1.54) is 19.2 Å². The van der Waals surface area contributed by atoms with E-state index in [4.69, 9.17) is 0 Å². The smallest absolute Gasteiger partial charge is 0.309 e. The predicted molar refractivity (Wildman–Crippen MR) is 64.3 cm³/mol. The summed E-state index contributed by atoms with van der Waals surface area (Å²) in [6, 6.07) is 5.97. The molecule has 0 bridgehead atoms. The van der Waals surface area contributed by atoms with E-state index >= 15 is 0 Å². The summed E-state index contributed by atoms with van der Waals surface area (Å²) in [6.45, 7) is 1.66. The summed E-state index contributed by atoms with van der Waals surface area (Å²) in [5.41, 5.74) is 0.667. The highest BCUT2D eigenvalue weighted by Crippen LogP contribution is 2.09. The zero-order chi connectivity index (χ0) is 12.8. The van der Waals surface area contributed by atoms with Gasteiger partial charge in [-0.05, 0) is 17.7 Å². The minimum atomic E-state index is -1.20. The maximum Gasteiger partial charge on any atom is 0.309 e. The Bertz CT molecular complexity index is 420. The minimum absolute atomic E-state index is 0.225. The summed E-state index contributed by atoms with van der Waals surface area (Å²) < 4.78 is 29.2. The molecule has 17 heavy (non-hydrogen) atoms. The largest absolute Gasteiger partial charge is 0.469 e. The number of benzene rings is 1. The summed E-state index contributed by atoms with van der Waals surface area (Å²) in [7, 11) is 0.101. The quantitative estimate of drug-likeness (QED) is 0.757. The van der Waals surface area contributed by atoms with E-state index in [0.29, 0.717) is 5.56 Å². The van der Waals surface area contributed by atoms with Crippen LogP contribution in [-0.4, -0.2) is 23.0 Å². The predicted octanol–water partition coefficient (Wildman–Crippen LogP) is 1.88. The van der Waals surface area contributed by atoms with Gasteiger partial charge in [-0.15, -0.1) is 0 Å². The van der Waals surface area contributed by atoms with Gasteiger partial charge >= 0.3 is 5.97 Å². The van der Waals surface area contributed by atoms with Crippen LogP contribution in [0.25, 0.3) is 0 Å². The summed E-state index contributed by atoms with van der Waals surface area (Å²) in [6.07, 6.45) is 0. The molecule has 3 nitrogen and oxygen atoms in total. The Balaban J connectivity index is 2.53. The van der Waals surface area contributed by atoms with E-state index in [0.717, 1.165) is 0 Å². The van der Waals surface area contributed by atoms with E-state index in [1.54, 1.807) is 19.1 Å². The highest BCUT2D eigenvalue weighted by Gasteiger charge is 2.16. The van der Waals surface area contributed by atoms with Crippen molar-refractivity contribution in [2.75, 3.05) is 12.9 Å². The summed E-state index contributed by atoms with van der Waals surface area (Å²) >= 11 is 0. The Morgan fingerprint density at radius 2 is 2.24 bits per heavy atom. The van der Waals surface area contributed by atoms with Gasteiger partial charge in [0.05, 0.1) is 13.0 Å². The molecule has 0 aromatic heterocycles. The van der Waals surface area contributed by atoms with Gasteiger partial charge in [0.1, 0.15) is 5.82 Å². The van der Waals surface area contributed by atoms with Crippen LogP contribution in [0.4, 0.5) is 4.39 Å². The van der Waals surface area contributed by atoms with E-state index in [1.807, 2.05) is 0 Å². The maximum absolute atomic E-state index is 12.9. The molecule has 2 unspecified atom stereocenters. The number of carbonyl (C=O) groups excluding carboxylic acids is 1. The van der Waals surface area contributed by atoms with Crippen molar-refractivity contribution in [3.63, 3.8) is 0 Å². The Morgan fingerprint density at radius 1 is 1.53 bits per heavy atom. The van der Waals surface area contributed by atoms with Gasteiger partial charge in [-0.1, -0.05) is 19.1 Å². The van der Waals surface area contributed by atoms with Gasteiger partial charge in [0, 0.05) is 22.3 Å². The van der Waals surface area contributed by atoms with Crippen LogP contribution in [0.15, 0.2) is 24.3 Å². The second kappa shape index (κ2) is 6.49. The second-order valence-electron chi connectivity index (χ2n) is 3.80. The van der Waals surface area contributed by atoms with Crippen LogP contribution in [0, 0.1) is 11.7 Å². The topological polar surface area (TPSA) is 43.4 Å². The average molecular weight is 258 g/mol. The summed E-state index contributed by atoms with van der Waals surface area (Å²) in [5, 5.41) is 0. The number of hydrogen-bond donors (Lipinski definition) is 0. The van der Waals surface area contributed by atoms with Crippen LogP contribution in [0.1, 0.15) is 12.5 Å². The molecule has 5 heteroatoms. The molecule has 0 aliphatic rings. The number of rotatable bonds is 5. The normalized spacial score (nSPS) is 14.1. The lowest BCUT2D eigenvalue weighted by molar-refractivity contribution is -0.144. The number of halogens is 1. The molecule has 0 radical (unpaired) electrons. The van der Waals surface area contributed by atoms with Gasteiger partial charge in [0.25, 0.3) is 0 Å². The fraction of sp³-hybridized carbons (Fsp3) is 0.417. The molecule has 0 fully saturated rings. The zero-order valence-electron chi connectivity index (χ0n) is 9.81. The van der Waals surface area contributed by atoms with Gasteiger partial charge in [0.2, 0.25) is 0 Å². The van der Waals surface area contributed by atoms with Crippen LogP contribution in [0.2, 0.25) is 0 Å². The summed E-state index contributed by atoms with van der Waals surface area (Å²) in [4.78, 5) is 11.1. The fourth-order valence-corrected chi connectivity index (χ4v) is 2.78. The molecule has 1 aromatic rings. The van der Waals surface area contributed by atoms with Crippen molar-refractivity contribution in [3.05, 3.63) is 35.6 Å². The van der Waals surface area contributed by atoms with Crippen molar-refractivity contribution >= 4 is 16.8 Å². The van der Waals surface area contributed by atoms with Crippen LogP contribution in [0.5, 0.6) is 0 Å². The third-order valence-corrected chi connectivity index (χ3v) is 3.78. The SMILES string of the molecule is COC(=O)C(C)CS(=O)Cc1cccc(F)c1. The molecule has 0 N–H and O–H groups in total. The molecule has 94 valence electrons. The van der Waals surface area contributed by atoms with Crippen molar-refractivity contribution in [1.29, 1.82) is 0 Å². The Hall–Kier alpha value is -1.23. The monoisotopic (exact) mass is 258 g/mol. The first-order chi connectivity index (χ1) is 8.02. The molecule has 2 atom stereocenters. The third kappa shape index (κ3) is 4.65. The molecule has 1 aromatic carbocycles. The lowest BCUT2D eigenvalue weighted by atomic mass is 10.2. The molecule has 0 saturated heterocycles. The number of esters is 1. The standard InChI is InChI=1S/C12H15FO3S/c1-9(12(14)16-2)7-17(15)8-10-4-3-5-11(13)6-10/h3-6,9H,7-8H2,1-2H3. The minimum Gasteiger partial charge on any atom is -0.469 e. The van der Waals surface area contributed by atoms with Crippen LogP contribution < -0.4 is 0 Å². The Kier molecular flexibility index (Phi) is 5.28. The van der Waals surface area contributed by atoms with E-state index < -0.39 is 16.7 Å². The molecular weight excluding hydrogens is 243 g/mol. The van der Waals surface area contributed by atoms with Gasteiger partial charge in [0.15, 0.2) is 0 Å². The first-order valence-electron chi connectivity index (χ1n) is 5.20. The fourth-order valence-electron chi connectivity index (χ4n) is 1.42. The number of hydrogen-bond acceptors (Lipinski definition) is 3. The first-order valence-corrected chi connectivity index (χ1v) is 6.69. The van der Waals surface area contributed by atoms with Gasteiger partial charge in [-0.25, -0.2) is 4.39 Å². The summed E-state index contributed by atoms with van der Waals surface area (Å²) in [5.74, 6) is -0.657. The van der Waals surface area contributed by atoms with Crippen molar-refractivity contribution in [1.82, 2.24) is 0 Å². The van der Waals surface area contributed by atoms with Gasteiger partial charge in [-0.2, -0.15) is 0 Å². The van der Waals surface area contributed by atoms with Crippen molar-refractivity contribution < 1.29 is 18.1 Å². The molecular formula is C12H15FO3S. The molecule has 0 heterocycles. The number of carbonyl (C=O) groups is 1. The van der Waals surface area contributed by atoms with Gasteiger partial charge in [-0.3, -0.25) is 9.00 Å². The van der Waals surface area contributed by atoms with Crippen LogP contribution >= 0.6 is 0 Å². The highest BCUT2D eigenvalue weighted by atomic mass is 32.2. The first kappa shape index (κ1) is 13.8. The highest BCUT2D eigenvalue weighted by molar-refractivity contribution is 7.84. The average Bonchev–Trinajstić information content (AvgIpc) is 2.27. The second-order valence-corrected chi connectivity index (χ2v) is 5.31. The van der Waals surface area contributed by atoms with Gasteiger partial charge < -0.3 is 4.74 Å². The Morgan fingerprint density at radius 3 is 2.82 bits per heavy atom.